The van der Waals surface area contributed by atoms with Gasteiger partial charge in [0.2, 0.25) is 5.91 Å². The molecule has 1 atom stereocenters. The number of carbonyl (C=O) groups excluding carboxylic acids is 1. The Morgan fingerprint density at radius 2 is 2.07 bits per heavy atom. The lowest BCUT2D eigenvalue weighted by Gasteiger charge is -2.31. The summed E-state index contributed by atoms with van der Waals surface area (Å²) in [4.78, 5) is 18.0. The number of rotatable bonds is 8. The molecule has 2 aliphatic rings. The van der Waals surface area contributed by atoms with Crippen molar-refractivity contribution in [2.45, 2.75) is 58.4 Å². The number of fused-ring (bicyclic) bond motifs is 1. The first-order valence-corrected chi connectivity index (χ1v) is 10.6. The summed E-state index contributed by atoms with van der Waals surface area (Å²) in [5.41, 5.74) is 1.69. The molecule has 28 heavy (non-hydrogen) atoms. The van der Waals surface area contributed by atoms with Crippen LogP contribution >= 0.6 is 0 Å². The van der Waals surface area contributed by atoms with Crippen LogP contribution in [0.3, 0.4) is 0 Å². The Morgan fingerprint density at radius 1 is 1.29 bits per heavy atom. The Bertz CT molecular complexity index is 806. The average molecular weight is 386 g/mol. The third-order valence-corrected chi connectivity index (χ3v) is 5.87. The molecule has 1 N–H and O–H groups in total. The number of nitrogens with zero attached hydrogens (tertiary/aromatic N) is 2. The standard InChI is InChI=1S/C22H31N3O3/c1-15(23-16(2)26)3-4-17-9-11-25(12-10-17)22-24-20-8-7-19(13-21(20)28-22)27-14-18-5-6-18/h7-8,13,15,17-18H,3-6,9-12,14H2,1-2H3,(H,23,26). The van der Waals surface area contributed by atoms with Gasteiger partial charge in [-0.05, 0) is 69.4 Å². The van der Waals surface area contributed by atoms with Crippen LogP contribution in [0.1, 0.15) is 52.4 Å². The van der Waals surface area contributed by atoms with E-state index in [9.17, 15) is 4.79 Å². The SMILES string of the molecule is CC(=O)NC(C)CCC1CCN(c2nc3ccc(OCC4CC4)cc3o2)CC1. The second-order valence-corrected chi connectivity index (χ2v) is 8.49. The molecule has 1 aromatic heterocycles. The van der Waals surface area contributed by atoms with E-state index in [1.807, 2.05) is 18.2 Å². The van der Waals surface area contributed by atoms with Gasteiger partial charge in [-0.15, -0.1) is 0 Å². The zero-order chi connectivity index (χ0) is 19.5. The first kappa shape index (κ1) is 19.1. The zero-order valence-electron chi connectivity index (χ0n) is 16.9. The van der Waals surface area contributed by atoms with Crippen LogP contribution in [-0.4, -0.2) is 36.6 Å². The van der Waals surface area contributed by atoms with Crippen molar-refractivity contribution in [2.24, 2.45) is 11.8 Å². The van der Waals surface area contributed by atoms with Gasteiger partial charge in [-0.3, -0.25) is 4.79 Å². The lowest BCUT2D eigenvalue weighted by atomic mass is 9.91. The Kier molecular flexibility index (Phi) is 5.74. The topological polar surface area (TPSA) is 67.6 Å². The summed E-state index contributed by atoms with van der Waals surface area (Å²) in [5.74, 6) is 2.37. The molecule has 0 radical (unpaired) electrons. The quantitative estimate of drug-likeness (QED) is 0.740. The van der Waals surface area contributed by atoms with Gasteiger partial charge >= 0.3 is 0 Å². The number of piperidine rings is 1. The highest BCUT2D eigenvalue weighted by molar-refractivity contribution is 5.76. The maximum absolute atomic E-state index is 11.1. The monoisotopic (exact) mass is 385 g/mol. The fourth-order valence-corrected chi connectivity index (χ4v) is 3.93. The van der Waals surface area contributed by atoms with Crippen LogP contribution in [0.5, 0.6) is 5.75 Å². The number of benzene rings is 1. The molecule has 1 saturated carbocycles. The molecule has 6 heteroatoms. The average Bonchev–Trinajstić information content (AvgIpc) is 3.41. The number of ether oxygens (including phenoxy) is 1. The number of oxazole rings is 1. The number of nitrogens with one attached hydrogen (secondary N) is 1. The van der Waals surface area contributed by atoms with Gasteiger partial charge in [0.1, 0.15) is 11.3 Å². The number of amides is 1. The lowest BCUT2D eigenvalue weighted by molar-refractivity contribution is -0.119. The summed E-state index contributed by atoms with van der Waals surface area (Å²) >= 11 is 0. The molecule has 1 unspecified atom stereocenters. The molecule has 2 aromatic rings. The predicted molar refractivity (Wildman–Crippen MR) is 110 cm³/mol. The van der Waals surface area contributed by atoms with Crippen LogP contribution in [0.2, 0.25) is 0 Å². The molecule has 6 nitrogen and oxygen atoms in total. The number of anilines is 1. The van der Waals surface area contributed by atoms with Crippen molar-refractivity contribution in [1.82, 2.24) is 10.3 Å². The molecule has 1 amide bonds. The minimum Gasteiger partial charge on any atom is -0.493 e. The summed E-state index contributed by atoms with van der Waals surface area (Å²) in [6.07, 6.45) is 7.05. The molecule has 1 saturated heterocycles. The normalized spacial score (nSPS) is 19.0. The molecule has 1 aliphatic carbocycles. The largest absolute Gasteiger partial charge is 0.493 e. The van der Waals surface area contributed by atoms with Crippen molar-refractivity contribution < 1.29 is 13.9 Å². The van der Waals surface area contributed by atoms with Gasteiger partial charge in [-0.25, -0.2) is 0 Å². The van der Waals surface area contributed by atoms with E-state index >= 15 is 0 Å². The van der Waals surface area contributed by atoms with E-state index in [2.05, 4.69) is 22.1 Å². The molecule has 152 valence electrons. The first-order valence-electron chi connectivity index (χ1n) is 10.6. The van der Waals surface area contributed by atoms with Crippen LogP contribution in [0.4, 0.5) is 6.01 Å². The highest BCUT2D eigenvalue weighted by atomic mass is 16.5. The molecule has 1 aliphatic heterocycles. The van der Waals surface area contributed by atoms with E-state index in [1.165, 1.54) is 12.8 Å². The maximum Gasteiger partial charge on any atom is 0.298 e. The fraction of sp³-hybridized carbons (Fsp3) is 0.636. The predicted octanol–water partition coefficient (Wildman–Crippen LogP) is 4.14. The minimum atomic E-state index is 0.0550. The van der Waals surface area contributed by atoms with Gasteiger partial charge in [-0.1, -0.05) is 0 Å². The van der Waals surface area contributed by atoms with Crippen LogP contribution in [-0.2, 0) is 4.79 Å². The highest BCUT2D eigenvalue weighted by Gasteiger charge is 2.24. The number of carbonyl (C=O) groups is 1. The lowest BCUT2D eigenvalue weighted by Crippen LogP contribution is -2.35. The van der Waals surface area contributed by atoms with E-state index in [1.54, 1.807) is 6.92 Å². The van der Waals surface area contributed by atoms with Crippen molar-refractivity contribution in [3.8, 4) is 5.75 Å². The zero-order valence-corrected chi connectivity index (χ0v) is 16.9. The van der Waals surface area contributed by atoms with Gasteiger partial charge in [0.05, 0.1) is 6.61 Å². The third kappa shape index (κ3) is 4.97. The maximum atomic E-state index is 11.1. The van der Waals surface area contributed by atoms with Gasteiger partial charge in [0.25, 0.3) is 6.01 Å². The molecule has 2 heterocycles. The van der Waals surface area contributed by atoms with Gasteiger partial charge in [0.15, 0.2) is 5.58 Å². The van der Waals surface area contributed by atoms with Crippen LogP contribution in [0.15, 0.2) is 22.6 Å². The van der Waals surface area contributed by atoms with Gasteiger partial charge < -0.3 is 19.4 Å². The Balaban J connectivity index is 1.29. The summed E-state index contributed by atoms with van der Waals surface area (Å²) in [6, 6.07) is 6.91. The molecule has 4 rings (SSSR count). The first-order chi connectivity index (χ1) is 13.6. The van der Waals surface area contributed by atoms with Crippen molar-refractivity contribution in [3.63, 3.8) is 0 Å². The second-order valence-electron chi connectivity index (χ2n) is 8.49. The van der Waals surface area contributed by atoms with Crippen LogP contribution in [0.25, 0.3) is 11.1 Å². The smallest absolute Gasteiger partial charge is 0.298 e. The number of aromatic nitrogens is 1. The Morgan fingerprint density at radius 3 is 2.79 bits per heavy atom. The van der Waals surface area contributed by atoms with Crippen molar-refractivity contribution in [2.75, 3.05) is 24.6 Å². The van der Waals surface area contributed by atoms with Gasteiger partial charge in [-0.2, -0.15) is 4.98 Å². The fourth-order valence-electron chi connectivity index (χ4n) is 3.93. The van der Waals surface area contributed by atoms with E-state index in [-0.39, 0.29) is 11.9 Å². The summed E-state index contributed by atoms with van der Waals surface area (Å²) in [5, 5.41) is 2.97. The molecule has 1 aromatic carbocycles. The van der Waals surface area contributed by atoms with Crippen molar-refractivity contribution in [3.05, 3.63) is 18.2 Å². The minimum absolute atomic E-state index is 0.0550. The van der Waals surface area contributed by atoms with E-state index in [0.29, 0.717) is 5.92 Å². The molecule has 2 fully saturated rings. The summed E-state index contributed by atoms with van der Waals surface area (Å²) < 4.78 is 11.9. The molecule has 0 bridgehead atoms. The second kappa shape index (κ2) is 8.41. The Hall–Kier alpha value is -2.24. The van der Waals surface area contributed by atoms with Crippen molar-refractivity contribution >= 4 is 23.0 Å². The van der Waals surface area contributed by atoms with Crippen LogP contribution < -0.4 is 15.0 Å². The third-order valence-electron chi connectivity index (χ3n) is 5.87. The van der Waals surface area contributed by atoms with Gasteiger partial charge in [0, 0.05) is 32.1 Å². The van der Waals surface area contributed by atoms with E-state index in [4.69, 9.17) is 9.15 Å². The molecular weight excluding hydrogens is 354 g/mol. The summed E-state index contributed by atoms with van der Waals surface area (Å²) in [7, 11) is 0. The summed E-state index contributed by atoms with van der Waals surface area (Å²) in [6.45, 7) is 6.41. The Labute approximate surface area is 166 Å². The van der Waals surface area contributed by atoms with Crippen LogP contribution in [0, 0.1) is 11.8 Å². The van der Waals surface area contributed by atoms with E-state index in [0.717, 1.165) is 74.2 Å². The van der Waals surface area contributed by atoms with Crippen molar-refractivity contribution in [1.29, 1.82) is 0 Å². The molecular formula is C22H31N3O3. The molecule has 0 spiro atoms. The number of hydrogen-bond acceptors (Lipinski definition) is 5. The van der Waals surface area contributed by atoms with E-state index < -0.39 is 0 Å². The number of hydrogen-bond donors (Lipinski definition) is 1. The highest BCUT2D eigenvalue weighted by Crippen LogP contribution is 2.32.